The minimum Gasteiger partial charge on any atom is -0.456 e. The number of carbonyl (C=O) groups is 1. The smallest absolute Gasteiger partial charge is 0.338 e. The number of rotatable bonds is 15. The number of aryl methyl sites for hydroxylation is 2. The topological polar surface area (TPSA) is 96.2 Å². The van der Waals surface area contributed by atoms with Crippen molar-refractivity contribution in [3.8, 4) is 0 Å². The summed E-state index contributed by atoms with van der Waals surface area (Å²) in [6.07, 6.45) is 11.5. The summed E-state index contributed by atoms with van der Waals surface area (Å²) in [5, 5.41) is 30.7. The van der Waals surface area contributed by atoms with Gasteiger partial charge in [-0.1, -0.05) is 42.5 Å². The second kappa shape index (κ2) is 16.0. The largest absolute Gasteiger partial charge is 0.456 e. The van der Waals surface area contributed by atoms with Crippen molar-refractivity contribution in [2.45, 2.75) is 76.3 Å². The molecule has 2 aromatic rings. The maximum Gasteiger partial charge on any atom is 0.338 e. The summed E-state index contributed by atoms with van der Waals surface area (Å²) in [6.45, 7) is 1.90. The van der Waals surface area contributed by atoms with Crippen molar-refractivity contribution in [2.24, 2.45) is 11.8 Å². The minimum absolute atomic E-state index is 0.0333. The van der Waals surface area contributed by atoms with E-state index in [4.69, 9.17) is 9.47 Å². The third-order valence-electron chi connectivity index (χ3n) is 7.20. The normalized spacial score (nSPS) is 23.3. The number of unbranched alkanes of at least 4 members (excludes halogenated alkanes) is 1. The molecule has 6 nitrogen and oxygen atoms in total. The average Bonchev–Trinajstić information content (AvgIpc) is 3.46. The van der Waals surface area contributed by atoms with E-state index in [0.29, 0.717) is 24.8 Å². The maximum absolute atomic E-state index is 12.2. The van der Waals surface area contributed by atoms with Gasteiger partial charge in [-0.25, -0.2) is 4.79 Å². The third kappa shape index (κ3) is 9.47. The van der Waals surface area contributed by atoms with Crippen LogP contribution in [0.25, 0.3) is 0 Å². The molecule has 38 heavy (non-hydrogen) atoms. The molecule has 0 aliphatic heterocycles. The highest BCUT2D eigenvalue weighted by Crippen LogP contribution is 2.36. The summed E-state index contributed by atoms with van der Waals surface area (Å²) in [5.74, 6) is -0.593. The summed E-state index contributed by atoms with van der Waals surface area (Å²) in [7, 11) is 1.71. The fraction of sp³-hybridized carbons (Fsp3) is 0.516. The van der Waals surface area contributed by atoms with Gasteiger partial charge in [-0.3, -0.25) is 0 Å². The standard InChI is InChI=1S/C31H42O6S/c1-22-14-17-26(38-22)18-15-24(36-2)16-19-28-27(29(33)20-30(28)34)13-9-4-3-8-12-25(21-32)37-31(35)23-10-6-5-7-11-23/h4-7,9-11,14,16-17,19,24-25,27-30,32-34H,3,8,12-13,15,18,20-21H2,1-2H3/b9-4-,19-16+/t24-,25+,27+,28+,29-,30+/m0/s1. The third-order valence-corrected chi connectivity index (χ3v) is 8.26. The average molecular weight is 543 g/mol. The van der Waals surface area contributed by atoms with Crippen molar-refractivity contribution in [2.75, 3.05) is 13.7 Å². The molecular formula is C31H42O6S. The molecule has 1 fully saturated rings. The van der Waals surface area contributed by atoms with Gasteiger partial charge in [0.2, 0.25) is 0 Å². The number of hydrogen-bond acceptors (Lipinski definition) is 7. The highest BCUT2D eigenvalue weighted by molar-refractivity contribution is 7.11. The lowest BCUT2D eigenvalue weighted by Crippen LogP contribution is -2.22. The van der Waals surface area contributed by atoms with Gasteiger partial charge in [0.15, 0.2) is 0 Å². The first-order valence-corrected chi connectivity index (χ1v) is 14.4. The molecule has 6 atom stereocenters. The molecule has 0 amide bonds. The van der Waals surface area contributed by atoms with Gasteiger partial charge in [-0.15, -0.1) is 11.3 Å². The molecule has 208 valence electrons. The highest BCUT2D eigenvalue weighted by atomic mass is 32.1. The molecule has 0 unspecified atom stereocenters. The number of ether oxygens (including phenoxy) is 2. The van der Waals surface area contributed by atoms with Crippen LogP contribution in [0.2, 0.25) is 0 Å². The Balaban J connectivity index is 1.42. The van der Waals surface area contributed by atoms with Crippen LogP contribution < -0.4 is 0 Å². The quantitative estimate of drug-likeness (QED) is 0.162. The van der Waals surface area contributed by atoms with Gasteiger partial charge in [0.25, 0.3) is 0 Å². The molecule has 1 heterocycles. The summed E-state index contributed by atoms with van der Waals surface area (Å²) in [5.41, 5.74) is 0.473. The number of allylic oxidation sites excluding steroid dienone is 2. The van der Waals surface area contributed by atoms with Crippen LogP contribution in [0.15, 0.2) is 66.8 Å². The van der Waals surface area contributed by atoms with Crippen LogP contribution in [-0.4, -0.2) is 59.4 Å². The number of benzene rings is 1. The number of aliphatic hydroxyl groups excluding tert-OH is 3. The molecule has 7 heteroatoms. The van der Waals surface area contributed by atoms with Gasteiger partial charge >= 0.3 is 5.97 Å². The van der Waals surface area contributed by atoms with Crippen molar-refractivity contribution in [3.05, 3.63) is 82.1 Å². The lowest BCUT2D eigenvalue weighted by molar-refractivity contribution is 0.0110. The second-order valence-electron chi connectivity index (χ2n) is 10.0. The lowest BCUT2D eigenvalue weighted by Gasteiger charge is -2.20. The van der Waals surface area contributed by atoms with Gasteiger partial charge in [0.05, 0.1) is 30.5 Å². The van der Waals surface area contributed by atoms with E-state index in [1.54, 1.807) is 31.4 Å². The van der Waals surface area contributed by atoms with Crippen molar-refractivity contribution in [1.82, 2.24) is 0 Å². The van der Waals surface area contributed by atoms with Crippen molar-refractivity contribution in [3.63, 3.8) is 0 Å². The summed E-state index contributed by atoms with van der Waals surface area (Å²) >= 11 is 1.81. The van der Waals surface area contributed by atoms with Crippen molar-refractivity contribution in [1.29, 1.82) is 0 Å². The SMILES string of the molecule is CO[C@H](/C=C/[C@@H]1[C@@H](C/C=C\CCC[C@H](CO)OC(=O)c2ccccc2)[C@@H](O)C[C@H]1O)CCc1ccc(C)s1. The molecule has 1 aromatic carbocycles. The molecule has 3 N–H and O–H groups in total. The van der Waals surface area contributed by atoms with Gasteiger partial charge < -0.3 is 24.8 Å². The van der Waals surface area contributed by atoms with E-state index in [9.17, 15) is 20.1 Å². The first-order chi connectivity index (χ1) is 18.4. The molecule has 1 aromatic heterocycles. The Morgan fingerprint density at radius 1 is 1.11 bits per heavy atom. The number of aliphatic hydroxyl groups is 3. The van der Waals surface area contributed by atoms with E-state index >= 15 is 0 Å². The Morgan fingerprint density at radius 3 is 2.58 bits per heavy atom. The number of carbonyl (C=O) groups excluding carboxylic acids is 1. The molecule has 3 rings (SSSR count). The molecular weight excluding hydrogens is 500 g/mol. The summed E-state index contributed by atoms with van der Waals surface area (Å²) < 4.78 is 11.1. The highest BCUT2D eigenvalue weighted by Gasteiger charge is 2.39. The maximum atomic E-state index is 12.2. The second-order valence-corrected chi connectivity index (χ2v) is 11.4. The monoisotopic (exact) mass is 542 g/mol. The van der Waals surface area contributed by atoms with Crippen molar-refractivity contribution < 1.29 is 29.6 Å². The van der Waals surface area contributed by atoms with E-state index in [-0.39, 0.29) is 24.5 Å². The zero-order chi connectivity index (χ0) is 27.3. The number of esters is 1. The molecule has 0 saturated heterocycles. The van der Waals surface area contributed by atoms with E-state index in [2.05, 4.69) is 31.2 Å². The van der Waals surface area contributed by atoms with Crippen LogP contribution in [0.4, 0.5) is 0 Å². The molecule has 0 radical (unpaired) electrons. The summed E-state index contributed by atoms with van der Waals surface area (Å²) in [4.78, 5) is 14.8. The molecule has 1 aliphatic rings. The summed E-state index contributed by atoms with van der Waals surface area (Å²) in [6, 6.07) is 13.1. The Labute approximate surface area is 230 Å². The number of methoxy groups -OCH3 is 1. The lowest BCUT2D eigenvalue weighted by atomic mass is 9.89. The van der Waals surface area contributed by atoms with Crippen LogP contribution in [-0.2, 0) is 15.9 Å². The Morgan fingerprint density at radius 2 is 1.89 bits per heavy atom. The van der Waals surface area contributed by atoms with E-state index in [1.807, 2.05) is 29.6 Å². The Hall–Kier alpha value is -2.29. The van der Waals surface area contributed by atoms with Crippen LogP contribution in [0, 0.1) is 18.8 Å². The predicted octanol–water partition coefficient (Wildman–Crippen LogP) is 5.25. The first-order valence-electron chi connectivity index (χ1n) is 13.6. The molecule has 0 spiro atoms. The molecule has 0 bridgehead atoms. The van der Waals surface area contributed by atoms with E-state index in [0.717, 1.165) is 25.7 Å². The van der Waals surface area contributed by atoms with E-state index < -0.39 is 24.3 Å². The number of hydrogen-bond donors (Lipinski definition) is 3. The van der Waals surface area contributed by atoms with Gasteiger partial charge in [0, 0.05) is 29.2 Å². The van der Waals surface area contributed by atoms with Crippen LogP contribution in [0.3, 0.4) is 0 Å². The number of thiophene rings is 1. The Kier molecular flexibility index (Phi) is 12.7. The van der Waals surface area contributed by atoms with Crippen LogP contribution in [0.1, 0.15) is 58.6 Å². The Bertz CT molecular complexity index is 1020. The zero-order valence-corrected chi connectivity index (χ0v) is 23.3. The first kappa shape index (κ1) is 30.3. The van der Waals surface area contributed by atoms with Crippen molar-refractivity contribution >= 4 is 17.3 Å². The molecule has 1 aliphatic carbocycles. The van der Waals surface area contributed by atoms with Gasteiger partial charge in [-0.2, -0.15) is 0 Å². The fourth-order valence-electron chi connectivity index (χ4n) is 4.97. The van der Waals surface area contributed by atoms with Gasteiger partial charge in [-0.05, 0) is 75.6 Å². The zero-order valence-electron chi connectivity index (χ0n) is 22.4. The minimum atomic E-state index is -0.568. The molecule has 1 saturated carbocycles. The predicted molar refractivity (Wildman–Crippen MR) is 151 cm³/mol. The van der Waals surface area contributed by atoms with Crippen LogP contribution >= 0.6 is 11.3 Å². The van der Waals surface area contributed by atoms with Crippen LogP contribution in [0.5, 0.6) is 0 Å². The van der Waals surface area contributed by atoms with E-state index in [1.165, 1.54) is 9.75 Å². The fourth-order valence-corrected chi connectivity index (χ4v) is 5.88. The van der Waals surface area contributed by atoms with Gasteiger partial charge in [0.1, 0.15) is 6.10 Å².